The van der Waals surface area contributed by atoms with Crippen molar-refractivity contribution in [3.8, 4) is 11.3 Å². The van der Waals surface area contributed by atoms with Crippen molar-refractivity contribution in [2.45, 2.75) is 18.9 Å². The maximum absolute atomic E-state index is 14.0. The van der Waals surface area contributed by atoms with Crippen LogP contribution in [0.15, 0.2) is 109 Å². The van der Waals surface area contributed by atoms with E-state index in [1.54, 1.807) is 36.7 Å². The molecule has 0 aliphatic rings. The molecule has 0 aliphatic carbocycles. The standard InChI is InChI=1S/C31H25N3O3/c35-30(34-29(31(36)37)23-11-5-2-6-12-23)27-24-13-7-8-14-26(24)33-28(22-9-3-1-4-10-22)25(27)16-15-21-17-19-32-20-18-21/h1-14,17-20,29H,15-16H2,(H,34,35)(H,36,37). The van der Waals surface area contributed by atoms with E-state index in [2.05, 4.69) is 10.3 Å². The third-order valence-corrected chi connectivity index (χ3v) is 6.34. The highest BCUT2D eigenvalue weighted by atomic mass is 16.4. The van der Waals surface area contributed by atoms with E-state index in [1.807, 2.05) is 72.8 Å². The van der Waals surface area contributed by atoms with Crippen molar-refractivity contribution in [2.24, 2.45) is 0 Å². The summed E-state index contributed by atoms with van der Waals surface area (Å²) in [6, 6.07) is 28.7. The molecule has 182 valence electrons. The first-order chi connectivity index (χ1) is 18.1. The van der Waals surface area contributed by atoms with E-state index in [1.165, 1.54) is 0 Å². The first kappa shape index (κ1) is 23.9. The van der Waals surface area contributed by atoms with Gasteiger partial charge < -0.3 is 10.4 Å². The second-order valence-electron chi connectivity index (χ2n) is 8.71. The molecule has 2 aromatic heterocycles. The molecular weight excluding hydrogens is 462 g/mol. The molecule has 6 heteroatoms. The molecule has 6 nitrogen and oxygen atoms in total. The molecule has 3 aromatic carbocycles. The first-order valence-corrected chi connectivity index (χ1v) is 12.1. The van der Waals surface area contributed by atoms with E-state index in [-0.39, 0.29) is 0 Å². The minimum atomic E-state index is -1.19. The molecule has 1 atom stereocenters. The van der Waals surface area contributed by atoms with E-state index >= 15 is 0 Å². The SMILES string of the molecule is O=C(NC(C(=O)O)c1ccccc1)c1c(CCc2ccncc2)c(-c2ccccc2)nc2ccccc12. The van der Waals surface area contributed by atoms with Gasteiger partial charge in [0, 0.05) is 23.3 Å². The number of amides is 1. The van der Waals surface area contributed by atoms with Crippen molar-refractivity contribution in [3.63, 3.8) is 0 Å². The van der Waals surface area contributed by atoms with Crippen LogP contribution in [0.25, 0.3) is 22.2 Å². The fraction of sp³-hybridized carbons (Fsp3) is 0.0968. The first-order valence-electron chi connectivity index (χ1n) is 12.1. The van der Waals surface area contributed by atoms with Gasteiger partial charge in [0.15, 0.2) is 6.04 Å². The molecule has 0 radical (unpaired) electrons. The quantitative estimate of drug-likeness (QED) is 0.296. The zero-order valence-electron chi connectivity index (χ0n) is 20.0. The zero-order chi connectivity index (χ0) is 25.6. The van der Waals surface area contributed by atoms with Crippen LogP contribution < -0.4 is 5.32 Å². The maximum atomic E-state index is 14.0. The highest BCUT2D eigenvalue weighted by Crippen LogP contribution is 2.32. The summed E-state index contributed by atoms with van der Waals surface area (Å²) < 4.78 is 0. The van der Waals surface area contributed by atoms with Crippen LogP contribution in [0, 0.1) is 0 Å². The van der Waals surface area contributed by atoms with Gasteiger partial charge in [-0.15, -0.1) is 0 Å². The van der Waals surface area contributed by atoms with Gasteiger partial charge in [0.2, 0.25) is 0 Å². The van der Waals surface area contributed by atoms with Crippen molar-refractivity contribution in [3.05, 3.63) is 132 Å². The summed E-state index contributed by atoms with van der Waals surface area (Å²) in [4.78, 5) is 35.2. The van der Waals surface area contributed by atoms with Gasteiger partial charge in [-0.2, -0.15) is 0 Å². The monoisotopic (exact) mass is 487 g/mol. The number of aryl methyl sites for hydroxylation is 1. The third kappa shape index (κ3) is 5.23. The molecule has 0 spiro atoms. The van der Waals surface area contributed by atoms with E-state index in [4.69, 9.17) is 4.98 Å². The number of carbonyl (C=O) groups excluding carboxylic acids is 1. The van der Waals surface area contributed by atoms with E-state index in [9.17, 15) is 14.7 Å². The molecule has 0 saturated carbocycles. The van der Waals surface area contributed by atoms with E-state index in [0.29, 0.717) is 40.6 Å². The fourth-order valence-electron chi connectivity index (χ4n) is 4.54. The van der Waals surface area contributed by atoms with Crippen LogP contribution in [0.5, 0.6) is 0 Å². The van der Waals surface area contributed by atoms with Crippen LogP contribution >= 0.6 is 0 Å². The second-order valence-corrected chi connectivity index (χ2v) is 8.71. The lowest BCUT2D eigenvalue weighted by Crippen LogP contribution is -2.34. The number of hydrogen-bond donors (Lipinski definition) is 2. The Bertz CT molecular complexity index is 1540. The average Bonchev–Trinajstić information content (AvgIpc) is 2.95. The highest BCUT2D eigenvalue weighted by molar-refractivity contribution is 6.10. The van der Waals surface area contributed by atoms with Crippen molar-refractivity contribution in [1.82, 2.24) is 15.3 Å². The second kappa shape index (κ2) is 10.8. The molecule has 2 N–H and O–H groups in total. The molecule has 0 bridgehead atoms. The highest BCUT2D eigenvalue weighted by Gasteiger charge is 2.27. The summed E-state index contributed by atoms with van der Waals surface area (Å²) in [5.74, 6) is -1.57. The predicted octanol–water partition coefficient (Wildman–Crippen LogP) is 5.64. The van der Waals surface area contributed by atoms with Crippen LogP contribution in [-0.2, 0) is 17.6 Å². The number of para-hydroxylation sites is 1. The van der Waals surface area contributed by atoms with Gasteiger partial charge in [-0.25, -0.2) is 9.78 Å². The van der Waals surface area contributed by atoms with E-state index in [0.717, 1.165) is 16.7 Å². The van der Waals surface area contributed by atoms with Gasteiger partial charge >= 0.3 is 5.97 Å². The number of carbonyl (C=O) groups is 2. The number of hydrogen-bond acceptors (Lipinski definition) is 4. The van der Waals surface area contributed by atoms with Crippen LogP contribution in [0.3, 0.4) is 0 Å². The molecular formula is C31H25N3O3. The number of aliphatic carboxylic acids is 1. The number of rotatable bonds is 8. The van der Waals surface area contributed by atoms with Crippen molar-refractivity contribution >= 4 is 22.8 Å². The summed E-state index contributed by atoms with van der Waals surface area (Å²) in [5, 5.41) is 13.4. The number of fused-ring (bicyclic) bond motifs is 1. The molecule has 1 unspecified atom stereocenters. The van der Waals surface area contributed by atoms with Gasteiger partial charge in [0.05, 0.1) is 16.8 Å². The van der Waals surface area contributed by atoms with Crippen molar-refractivity contribution in [2.75, 3.05) is 0 Å². The lowest BCUT2D eigenvalue weighted by Gasteiger charge is -2.20. The van der Waals surface area contributed by atoms with E-state index < -0.39 is 17.9 Å². The number of nitrogens with zero attached hydrogens (tertiary/aromatic N) is 2. The summed E-state index contributed by atoms with van der Waals surface area (Å²) in [6.07, 6.45) is 4.70. The number of benzene rings is 3. The maximum Gasteiger partial charge on any atom is 0.330 e. The van der Waals surface area contributed by atoms with Gasteiger partial charge in [-0.3, -0.25) is 9.78 Å². The predicted molar refractivity (Wildman–Crippen MR) is 143 cm³/mol. The topological polar surface area (TPSA) is 92.2 Å². The smallest absolute Gasteiger partial charge is 0.330 e. The Morgan fingerprint density at radius 1 is 0.784 bits per heavy atom. The summed E-state index contributed by atoms with van der Waals surface area (Å²) in [7, 11) is 0. The molecule has 2 heterocycles. The summed E-state index contributed by atoms with van der Waals surface area (Å²) in [5.41, 5.74) is 5.09. The molecule has 0 aliphatic heterocycles. The fourth-order valence-corrected chi connectivity index (χ4v) is 4.54. The Morgan fingerprint density at radius 2 is 1.43 bits per heavy atom. The van der Waals surface area contributed by atoms with Gasteiger partial charge in [-0.1, -0.05) is 78.9 Å². The lowest BCUT2D eigenvalue weighted by atomic mass is 9.91. The molecule has 1 amide bonds. The van der Waals surface area contributed by atoms with Crippen LogP contribution in [0.4, 0.5) is 0 Å². The van der Waals surface area contributed by atoms with Crippen LogP contribution in [-0.4, -0.2) is 27.0 Å². The third-order valence-electron chi connectivity index (χ3n) is 6.34. The number of carboxylic acid groups (broad SMARTS) is 1. The molecule has 5 aromatic rings. The minimum absolute atomic E-state index is 0.445. The normalized spacial score (nSPS) is 11.7. The van der Waals surface area contributed by atoms with Gasteiger partial charge in [0.25, 0.3) is 5.91 Å². The molecule has 5 rings (SSSR count). The summed E-state index contributed by atoms with van der Waals surface area (Å²) >= 11 is 0. The number of pyridine rings is 2. The Kier molecular flexibility index (Phi) is 6.99. The Morgan fingerprint density at radius 3 is 2.14 bits per heavy atom. The molecule has 0 saturated heterocycles. The molecule has 37 heavy (non-hydrogen) atoms. The largest absolute Gasteiger partial charge is 0.479 e. The van der Waals surface area contributed by atoms with Gasteiger partial charge in [-0.05, 0) is 47.7 Å². The number of nitrogens with one attached hydrogen (secondary N) is 1. The molecule has 0 fully saturated rings. The Balaban J connectivity index is 1.66. The minimum Gasteiger partial charge on any atom is -0.479 e. The zero-order valence-corrected chi connectivity index (χ0v) is 20.0. The number of aromatic nitrogens is 2. The average molecular weight is 488 g/mol. The summed E-state index contributed by atoms with van der Waals surface area (Å²) in [6.45, 7) is 0. The van der Waals surface area contributed by atoms with Crippen molar-refractivity contribution in [1.29, 1.82) is 0 Å². The Labute approximate surface area is 214 Å². The van der Waals surface area contributed by atoms with Crippen molar-refractivity contribution < 1.29 is 14.7 Å². The number of carboxylic acids is 1. The van der Waals surface area contributed by atoms with Crippen LogP contribution in [0.1, 0.15) is 33.1 Å². The van der Waals surface area contributed by atoms with Gasteiger partial charge in [0.1, 0.15) is 0 Å². The lowest BCUT2D eigenvalue weighted by molar-refractivity contribution is -0.139. The Hall–Kier alpha value is -4.84. The van der Waals surface area contributed by atoms with Crippen LogP contribution in [0.2, 0.25) is 0 Å².